The van der Waals surface area contributed by atoms with Gasteiger partial charge in [0.15, 0.2) is 22.7 Å². The second-order valence-corrected chi connectivity index (χ2v) is 30.9. The lowest BCUT2D eigenvalue weighted by molar-refractivity contribution is -0.157. The van der Waals surface area contributed by atoms with Crippen molar-refractivity contribution in [1.82, 2.24) is 44.5 Å². The maximum absolute atomic E-state index is 15.5. The van der Waals surface area contributed by atoms with E-state index >= 15 is 33.6 Å². The molecule has 2 fully saturated rings. The van der Waals surface area contributed by atoms with Gasteiger partial charge < -0.3 is 49.5 Å². The van der Waals surface area contributed by atoms with E-state index in [1.807, 2.05) is 88.3 Å². The van der Waals surface area contributed by atoms with E-state index in [-0.39, 0.29) is 74.4 Å². The highest BCUT2D eigenvalue weighted by atomic mass is 32.2. The molecule has 0 aliphatic carbocycles. The average Bonchev–Trinajstić information content (AvgIpc) is 0.814. The van der Waals surface area contributed by atoms with Crippen LogP contribution in [-0.2, 0) is 57.5 Å². The highest BCUT2D eigenvalue weighted by molar-refractivity contribution is 8.00. The van der Waals surface area contributed by atoms with Gasteiger partial charge in [-0.1, -0.05) is 116 Å². The summed E-state index contributed by atoms with van der Waals surface area (Å²) in [5.41, 5.74) is 0. The van der Waals surface area contributed by atoms with Crippen molar-refractivity contribution < 1.29 is 62.6 Å². The average molecular weight is 1360 g/mol. The van der Waals surface area contributed by atoms with E-state index in [9.17, 15) is 24.3 Å². The third kappa shape index (κ3) is 24.9. The van der Waals surface area contributed by atoms with Gasteiger partial charge in [-0.3, -0.25) is 57.6 Å². The van der Waals surface area contributed by atoms with Crippen LogP contribution in [-0.4, -0.2) is 251 Å². The smallest absolute Gasteiger partial charge is 0.256 e. The Morgan fingerprint density at radius 3 is 1.45 bits per heavy atom. The van der Waals surface area contributed by atoms with Gasteiger partial charge in [-0.15, -0.1) is 11.8 Å². The van der Waals surface area contributed by atoms with Crippen molar-refractivity contribution in [2.45, 2.75) is 236 Å². The zero-order chi connectivity index (χ0) is 72.8. The molecule has 2 aliphatic rings. The van der Waals surface area contributed by atoms with Crippen LogP contribution in [0.1, 0.15) is 182 Å². The minimum Gasteiger partial charge on any atom is -0.390 e. The Morgan fingerprint density at radius 1 is 0.526 bits per heavy atom. The quantitative estimate of drug-likeness (QED) is 0.0894. The molecule has 2 rings (SSSR count). The second kappa shape index (κ2) is 40.6. The summed E-state index contributed by atoms with van der Waals surface area (Å²) in [5.74, 6) is -10.5. The minimum absolute atomic E-state index is 0.0785. The molecule has 95 heavy (non-hydrogen) atoms. The summed E-state index contributed by atoms with van der Waals surface area (Å²) in [6.45, 7) is 34.2. The van der Waals surface area contributed by atoms with Crippen LogP contribution in [0, 0.1) is 59.2 Å². The van der Waals surface area contributed by atoms with Crippen molar-refractivity contribution in [2.75, 3.05) is 87.9 Å². The predicted octanol–water partition coefficient (Wildman–Crippen LogP) is 7.32. The van der Waals surface area contributed by atoms with Crippen LogP contribution in [0.25, 0.3) is 0 Å². The molecule has 13 atom stereocenters. The molecule has 0 bridgehead atoms. The van der Waals surface area contributed by atoms with Gasteiger partial charge >= 0.3 is 0 Å². The zero-order valence-corrected chi connectivity index (χ0v) is 63.6. The first-order chi connectivity index (χ1) is 44.2. The van der Waals surface area contributed by atoms with E-state index in [2.05, 4.69) is 10.2 Å². The topological polar surface area (TPSA) is 255 Å². The molecule has 2 saturated heterocycles. The lowest BCUT2D eigenvalue weighted by Gasteiger charge is -2.41. The third-order valence-electron chi connectivity index (χ3n) is 19.2. The molecule has 0 radical (unpaired) electrons. The third-order valence-corrected chi connectivity index (χ3v) is 20.5. The van der Waals surface area contributed by atoms with Crippen molar-refractivity contribution in [3.63, 3.8) is 0 Å². The number of hydrogen-bond acceptors (Lipinski definition) is 15. The molecule has 0 saturated carbocycles. The Hall–Kier alpha value is -5.26. The van der Waals surface area contributed by atoms with E-state index in [1.54, 1.807) is 34.6 Å². The normalized spacial score (nSPS) is 27.5. The molecule has 23 heteroatoms. The Balaban J connectivity index is 3.09. The van der Waals surface area contributed by atoms with Gasteiger partial charge in [0.2, 0.25) is 41.4 Å². The van der Waals surface area contributed by atoms with Crippen molar-refractivity contribution in [3.05, 3.63) is 12.2 Å². The number of carbonyl (C=O) groups is 11. The van der Waals surface area contributed by atoms with Crippen LogP contribution < -0.4 is 5.32 Å². The Bertz CT molecular complexity index is 2570. The van der Waals surface area contributed by atoms with Crippen LogP contribution in [0.3, 0.4) is 0 Å². The summed E-state index contributed by atoms with van der Waals surface area (Å²) in [7, 11) is 10.4. The first-order valence-electron chi connectivity index (χ1n) is 35.2. The maximum atomic E-state index is 15.5. The number of allylic oxidation sites excluding steroid dienone is 2. The van der Waals surface area contributed by atoms with Crippen LogP contribution in [0.4, 0.5) is 0 Å². The standard InChI is InChI=1S/C72H127N9O13S/c1-25-27-29-49(15)63(85)62-60(84)41-52(26-2)66(88)80(24)72(95-35-28-30-81-31-33-94-34-32-81)71(93)75(19)55(37-44(5)6)59(83)42-53(47(11)12)67(89)74(18)54(36-43(3)4)58(82)40-50(16)64(86)73-51(17)65(87)76(20)56(38-45(7)8)68(90)77(21)57(39-46(9)10)69(91)78(22)61(48(13)14)70(92)79(62)23/h25,27,43-57,61-63,72,85H,26,28-42H2,1-24H3,(H,73,86)/b27-25+/t49-,50+,51+,52+,53-,54-,55+,56-,57-,61-,62+,63-,72-/m1/s1. The van der Waals surface area contributed by atoms with Crippen molar-refractivity contribution in [1.29, 1.82) is 0 Å². The molecule has 0 spiro atoms. The van der Waals surface area contributed by atoms with Crippen LogP contribution in [0.5, 0.6) is 0 Å². The first-order valence-corrected chi connectivity index (χ1v) is 36.2. The van der Waals surface area contributed by atoms with Crippen LogP contribution >= 0.6 is 11.8 Å². The fourth-order valence-electron chi connectivity index (χ4n) is 13.0. The van der Waals surface area contributed by atoms with Gasteiger partial charge in [0, 0.05) is 99.4 Å². The fourth-order valence-corrected chi connectivity index (χ4v) is 14.2. The molecule has 8 amide bonds. The lowest BCUT2D eigenvalue weighted by Crippen LogP contribution is -2.61. The number of thioether (sulfide) groups is 1. The summed E-state index contributed by atoms with van der Waals surface area (Å²) in [6, 6.07) is -8.23. The largest absolute Gasteiger partial charge is 0.390 e. The molecule has 2 heterocycles. The number of rotatable bonds is 20. The molecule has 0 aromatic rings. The number of morpholine rings is 1. The fraction of sp³-hybridized carbons (Fsp3) is 0.819. The SMILES string of the molecule is C/C=C/C[C@@H](C)[C@@H](O)[C@@H]1C(=O)C[C@H](CC)C(=O)N(C)[C@H](SCCCN2CCOCC2)C(=O)N(C)[C@@H](CC(C)C)C(=O)C[C@H](C(C)C)C(=O)N(C)[C@H](CC(C)C)C(=O)C[C@H](C)C(=O)N[C@@H](C)C(=O)N(C)[C@H](CC(C)C)C(=O)N(C)[C@H](CC(C)C)C(=O)N(C)[C@H](C(C)C)C(=O)N1C. The molecular weight excluding hydrogens is 1230 g/mol. The highest BCUT2D eigenvalue weighted by Crippen LogP contribution is 2.31. The number of nitrogens with zero attached hydrogens (tertiary/aromatic N) is 8. The van der Waals surface area contributed by atoms with Crippen molar-refractivity contribution in [3.8, 4) is 0 Å². The Morgan fingerprint density at radius 2 is 0.979 bits per heavy atom. The predicted molar refractivity (Wildman–Crippen MR) is 375 cm³/mol. The van der Waals surface area contributed by atoms with Gasteiger partial charge in [0.05, 0.1) is 31.4 Å². The van der Waals surface area contributed by atoms with Crippen LogP contribution in [0.15, 0.2) is 12.2 Å². The number of Topliss-reactive ketones (excluding diaryl/α,β-unsaturated/α-hetero) is 3. The summed E-state index contributed by atoms with van der Waals surface area (Å²) < 4.78 is 5.57. The Labute approximate surface area is 575 Å². The van der Waals surface area contributed by atoms with Gasteiger partial charge in [-0.25, -0.2) is 0 Å². The lowest BCUT2D eigenvalue weighted by atomic mass is 9.84. The molecule has 0 unspecified atom stereocenters. The minimum atomic E-state index is -1.52. The second-order valence-electron chi connectivity index (χ2n) is 29.8. The first kappa shape index (κ1) is 85.8. The number of carbonyl (C=O) groups excluding carboxylic acids is 11. The van der Waals surface area contributed by atoms with E-state index < -0.39 is 155 Å². The number of hydrogen-bond donors (Lipinski definition) is 2. The van der Waals surface area contributed by atoms with Gasteiger partial charge in [0.1, 0.15) is 30.2 Å². The number of ether oxygens (including phenoxy) is 1. The maximum Gasteiger partial charge on any atom is 0.256 e. The number of aliphatic hydroxyl groups excluding tert-OH is 1. The van der Waals surface area contributed by atoms with E-state index in [4.69, 9.17) is 4.74 Å². The number of likely N-dealkylation sites (N-methyl/N-ethyl adjacent to an activating group) is 7. The van der Waals surface area contributed by atoms with E-state index in [0.29, 0.717) is 38.4 Å². The van der Waals surface area contributed by atoms with Crippen molar-refractivity contribution in [2.24, 2.45) is 59.2 Å². The van der Waals surface area contributed by atoms with Gasteiger partial charge in [-0.05, 0) is 113 Å². The monoisotopic (exact) mass is 1360 g/mol. The van der Waals surface area contributed by atoms with Gasteiger partial charge in [-0.2, -0.15) is 0 Å². The molecule has 0 aromatic carbocycles. The number of nitrogens with one attached hydrogen (secondary N) is 1. The summed E-state index contributed by atoms with van der Waals surface area (Å²) in [6.07, 6.45) is 3.13. The highest BCUT2D eigenvalue weighted by Gasteiger charge is 2.46. The van der Waals surface area contributed by atoms with E-state index in [1.165, 1.54) is 102 Å². The van der Waals surface area contributed by atoms with Crippen LogP contribution in [0.2, 0.25) is 0 Å². The molecule has 2 aliphatic heterocycles. The molecule has 22 nitrogen and oxygen atoms in total. The number of amides is 8. The Kier molecular flexibility index (Phi) is 36.7. The van der Waals surface area contributed by atoms with Crippen molar-refractivity contribution >= 4 is 76.4 Å². The number of ketones is 3. The number of aliphatic hydroxyl groups is 1. The zero-order valence-electron chi connectivity index (χ0n) is 62.8. The molecule has 0 aromatic heterocycles. The summed E-state index contributed by atoms with van der Waals surface area (Å²) in [5, 5.41) is 14.0. The molecular formula is C72H127N9O13S. The van der Waals surface area contributed by atoms with E-state index in [0.717, 1.165) is 13.1 Å². The molecule has 544 valence electrons. The summed E-state index contributed by atoms with van der Waals surface area (Å²) in [4.78, 5) is 177. The van der Waals surface area contributed by atoms with Gasteiger partial charge in [0.25, 0.3) is 5.91 Å². The molecule has 2 N–H and O–H groups in total. The summed E-state index contributed by atoms with van der Waals surface area (Å²) >= 11 is 1.25.